The van der Waals surface area contributed by atoms with Crippen molar-refractivity contribution >= 4 is 22.0 Å². The standard InChI is InChI=1S/C16H17FN4O2S.C4H4O4/c1-18-8-12-7-16(14-5-3-4-6-15(14)17)21(10-12)24(22,23)13-9-19-20(2)11-13;5-3(6)1-2-4(7)8/h3-7,9-11,18H,8H2,1-2H3;1-2H,(H,5,6)(H,7,8)/b;2-1+. The lowest BCUT2D eigenvalue weighted by Crippen LogP contribution is -2.13. The summed E-state index contributed by atoms with van der Waals surface area (Å²) < 4.78 is 42.6. The minimum atomic E-state index is -3.87. The lowest BCUT2D eigenvalue weighted by molar-refractivity contribution is -0.134. The van der Waals surface area contributed by atoms with Gasteiger partial charge in [0.25, 0.3) is 10.0 Å². The number of benzene rings is 1. The van der Waals surface area contributed by atoms with Crippen molar-refractivity contribution in [1.29, 1.82) is 0 Å². The van der Waals surface area contributed by atoms with Gasteiger partial charge in [0.2, 0.25) is 0 Å². The maximum atomic E-state index is 14.2. The van der Waals surface area contributed by atoms with Crippen molar-refractivity contribution in [2.45, 2.75) is 11.4 Å². The second-order valence-electron chi connectivity index (χ2n) is 6.40. The van der Waals surface area contributed by atoms with Crippen LogP contribution in [0.25, 0.3) is 11.3 Å². The Balaban J connectivity index is 0.000000390. The van der Waals surface area contributed by atoms with Crippen LogP contribution in [0, 0.1) is 5.82 Å². The molecule has 2 heterocycles. The topological polar surface area (TPSA) is 144 Å². The molecule has 3 N–H and O–H groups in total. The molecule has 32 heavy (non-hydrogen) atoms. The third kappa shape index (κ3) is 6.12. The zero-order valence-corrected chi connectivity index (χ0v) is 18.0. The van der Waals surface area contributed by atoms with Gasteiger partial charge < -0.3 is 15.5 Å². The van der Waals surface area contributed by atoms with Crippen LogP contribution in [-0.2, 0) is 33.2 Å². The van der Waals surface area contributed by atoms with Crippen LogP contribution in [0.5, 0.6) is 0 Å². The molecular weight excluding hydrogens is 443 g/mol. The minimum absolute atomic E-state index is 0.0502. The lowest BCUT2D eigenvalue weighted by atomic mass is 10.1. The highest BCUT2D eigenvalue weighted by molar-refractivity contribution is 7.90. The van der Waals surface area contributed by atoms with Gasteiger partial charge in [-0.05, 0) is 30.8 Å². The van der Waals surface area contributed by atoms with Gasteiger partial charge in [0.15, 0.2) is 0 Å². The molecule has 3 aromatic rings. The molecule has 2 aromatic heterocycles. The Morgan fingerprint density at radius 3 is 2.28 bits per heavy atom. The summed E-state index contributed by atoms with van der Waals surface area (Å²) in [7, 11) is -0.475. The number of halogens is 1. The average molecular weight is 464 g/mol. The fourth-order valence-corrected chi connectivity index (χ4v) is 4.03. The monoisotopic (exact) mass is 464 g/mol. The lowest BCUT2D eigenvalue weighted by Gasteiger charge is -2.09. The number of aryl methyl sites for hydroxylation is 1. The molecule has 1 aromatic carbocycles. The Hall–Kier alpha value is -3.77. The molecule has 0 radical (unpaired) electrons. The molecule has 0 aliphatic carbocycles. The van der Waals surface area contributed by atoms with Gasteiger partial charge in [-0.25, -0.2) is 26.4 Å². The predicted molar refractivity (Wildman–Crippen MR) is 113 cm³/mol. The van der Waals surface area contributed by atoms with Crippen molar-refractivity contribution in [2.75, 3.05) is 7.05 Å². The molecule has 0 unspecified atom stereocenters. The summed E-state index contributed by atoms with van der Waals surface area (Å²) in [5, 5.41) is 22.5. The number of nitrogens with one attached hydrogen (secondary N) is 1. The fraction of sp³-hybridized carbons (Fsp3) is 0.150. The summed E-state index contributed by atoms with van der Waals surface area (Å²) >= 11 is 0. The van der Waals surface area contributed by atoms with Crippen LogP contribution < -0.4 is 5.32 Å². The molecule has 0 atom stereocenters. The van der Waals surface area contributed by atoms with Gasteiger partial charge in [0, 0.05) is 43.7 Å². The number of rotatable bonds is 7. The second kappa shape index (κ2) is 10.5. The molecule has 12 heteroatoms. The molecule has 0 aliphatic heterocycles. The number of carbonyl (C=O) groups is 2. The average Bonchev–Trinajstić information content (AvgIpc) is 3.35. The van der Waals surface area contributed by atoms with E-state index in [1.165, 1.54) is 29.3 Å². The predicted octanol–water partition coefficient (Wildman–Crippen LogP) is 1.70. The summed E-state index contributed by atoms with van der Waals surface area (Å²) in [5.74, 6) is -2.99. The maximum absolute atomic E-state index is 14.2. The van der Waals surface area contributed by atoms with E-state index in [-0.39, 0.29) is 16.2 Å². The second-order valence-corrected chi connectivity index (χ2v) is 8.22. The van der Waals surface area contributed by atoms with Crippen LogP contribution in [0.4, 0.5) is 4.39 Å². The van der Waals surface area contributed by atoms with Crippen LogP contribution in [-0.4, -0.2) is 51.4 Å². The SMILES string of the molecule is CNCc1cc(-c2ccccc2F)n(S(=O)(=O)c2cnn(C)c2)c1.O=C(O)/C=C/C(=O)O. The summed E-state index contributed by atoms with van der Waals surface area (Å²) in [6.07, 6.45) is 5.31. The molecule has 0 aliphatic rings. The number of carboxylic acids is 2. The van der Waals surface area contributed by atoms with E-state index in [9.17, 15) is 22.4 Å². The molecule has 0 saturated carbocycles. The number of carboxylic acid groups (broad SMARTS) is 2. The molecule has 0 saturated heterocycles. The Morgan fingerprint density at radius 1 is 1.16 bits per heavy atom. The highest BCUT2D eigenvalue weighted by Crippen LogP contribution is 2.28. The van der Waals surface area contributed by atoms with Gasteiger partial charge in [-0.15, -0.1) is 0 Å². The quantitative estimate of drug-likeness (QED) is 0.448. The van der Waals surface area contributed by atoms with Crippen molar-refractivity contribution in [3.63, 3.8) is 0 Å². The Bertz CT molecular complexity index is 1230. The van der Waals surface area contributed by atoms with Crippen LogP contribution in [0.1, 0.15) is 5.56 Å². The van der Waals surface area contributed by atoms with Crippen LogP contribution in [0.15, 0.2) is 66.0 Å². The van der Waals surface area contributed by atoms with Gasteiger partial charge in [-0.2, -0.15) is 5.10 Å². The molecule has 0 spiro atoms. The van der Waals surface area contributed by atoms with Gasteiger partial charge in [0.05, 0.1) is 11.9 Å². The maximum Gasteiger partial charge on any atom is 0.328 e. The number of aromatic nitrogens is 3. The highest BCUT2D eigenvalue weighted by Gasteiger charge is 2.24. The van der Waals surface area contributed by atoms with E-state index in [1.54, 1.807) is 38.4 Å². The minimum Gasteiger partial charge on any atom is -0.478 e. The summed E-state index contributed by atoms with van der Waals surface area (Å²) in [6, 6.07) is 7.77. The van der Waals surface area contributed by atoms with E-state index in [1.807, 2.05) is 0 Å². The van der Waals surface area contributed by atoms with Crippen LogP contribution in [0.3, 0.4) is 0 Å². The molecule has 3 rings (SSSR count). The molecular formula is C20H21FN4O6S. The number of nitrogens with zero attached hydrogens (tertiary/aromatic N) is 3. The first-order valence-corrected chi connectivity index (χ1v) is 10.5. The number of hydrogen-bond acceptors (Lipinski definition) is 6. The first-order valence-electron chi connectivity index (χ1n) is 9.05. The van der Waals surface area contributed by atoms with Gasteiger partial charge >= 0.3 is 11.9 Å². The van der Waals surface area contributed by atoms with Gasteiger partial charge in [-0.1, -0.05) is 12.1 Å². The Labute approximate surface area is 183 Å². The Kier molecular flexibility index (Phi) is 8.04. The van der Waals surface area contributed by atoms with Gasteiger partial charge in [0.1, 0.15) is 10.7 Å². The fourth-order valence-electron chi connectivity index (χ4n) is 2.65. The van der Waals surface area contributed by atoms with E-state index < -0.39 is 27.8 Å². The summed E-state index contributed by atoms with van der Waals surface area (Å²) in [6.45, 7) is 0.469. The van der Waals surface area contributed by atoms with E-state index in [2.05, 4.69) is 10.4 Å². The third-order valence-electron chi connectivity index (χ3n) is 3.98. The van der Waals surface area contributed by atoms with E-state index >= 15 is 0 Å². The van der Waals surface area contributed by atoms with Crippen LogP contribution >= 0.6 is 0 Å². The molecule has 0 fully saturated rings. The van der Waals surface area contributed by atoms with Crippen molar-refractivity contribution in [3.8, 4) is 11.3 Å². The Morgan fingerprint density at radius 2 is 1.78 bits per heavy atom. The smallest absolute Gasteiger partial charge is 0.328 e. The zero-order valence-electron chi connectivity index (χ0n) is 17.1. The highest BCUT2D eigenvalue weighted by atomic mass is 32.2. The van der Waals surface area contributed by atoms with Crippen molar-refractivity contribution in [1.82, 2.24) is 19.1 Å². The first-order chi connectivity index (χ1) is 15.1. The van der Waals surface area contributed by atoms with E-state index in [0.29, 0.717) is 18.7 Å². The first kappa shape index (κ1) is 24.5. The summed E-state index contributed by atoms with van der Waals surface area (Å²) in [5.41, 5.74) is 1.25. The molecule has 170 valence electrons. The van der Waals surface area contributed by atoms with Gasteiger partial charge in [-0.3, -0.25) is 4.68 Å². The third-order valence-corrected chi connectivity index (χ3v) is 5.61. The van der Waals surface area contributed by atoms with E-state index in [0.717, 1.165) is 9.54 Å². The number of aliphatic carboxylic acids is 2. The normalized spacial score (nSPS) is 11.2. The van der Waals surface area contributed by atoms with E-state index in [4.69, 9.17) is 10.2 Å². The number of hydrogen-bond donors (Lipinski definition) is 3. The summed E-state index contributed by atoms with van der Waals surface area (Å²) in [4.78, 5) is 19.2. The molecule has 0 amide bonds. The zero-order chi connectivity index (χ0) is 23.9. The molecule has 10 nitrogen and oxygen atoms in total. The van der Waals surface area contributed by atoms with Crippen molar-refractivity contribution in [2.24, 2.45) is 7.05 Å². The van der Waals surface area contributed by atoms with Crippen molar-refractivity contribution < 1.29 is 32.6 Å². The largest absolute Gasteiger partial charge is 0.478 e. The molecule has 0 bridgehead atoms. The van der Waals surface area contributed by atoms with Crippen LogP contribution in [0.2, 0.25) is 0 Å². The van der Waals surface area contributed by atoms with Crippen molar-refractivity contribution in [3.05, 3.63) is 72.5 Å².